The molecule has 4 saturated heterocycles. The first kappa shape index (κ1) is 8.46. The molecular formula is C10H15O3P. The van der Waals surface area contributed by atoms with Crippen molar-refractivity contribution in [1.82, 2.24) is 0 Å². The highest BCUT2D eigenvalue weighted by Gasteiger charge is 2.61. The van der Waals surface area contributed by atoms with E-state index >= 15 is 0 Å². The summed E-state index contributed by atoms with van der Waals surface area (Å²) in [6.07, 6.45) is 6.90. The molecule has 5 aliphatic rings. The van der Waals surface area contributed by atoms with Crippen molar-refractivity contribution in [3.63, 3.8) is 0 Å². The lowest BCUT2D eigenvalue weighted by molar-refractivity contribution is -0.360. The summed E-state index contributed by atoms with van der Waals surface area (Å²) < 4.78 is 5.78. The summed E-state index contributed by atoms with van der Waals surface area (Å²) in [6, 6.07) is 0. The van der Waals surface area contributed by atoms with Gasteiger partial charge >= 0.3 is 0 Å². The summed E-state index contributed by atoms with van der Waals surface area (Å²) in [5.74, 6) is 1.96. The summed E-state index contributed by atoms with van der Waals surface area (Å²) in [5.41, 5.74) is 0. The molecule has 0 aromatic heterocycles. The average Bonchev–Trinajstić information content (AvgIpc) is 2.63. The van der Waals surface area contributed by atoms with E-state index in [2.05, 4.69) is 0 Å². The topological polar surface area (TPSA) is 27.7 Å². The Morgan fingerprint density at radius 3 is 2.43 bits per heavy atom. The van der Waals surface area contributed by atoms with Gasteiger partial charge in [-0.05, 0) is 37.2 Å². The monoisotopic (exact) mass is 214 g/mol. The quantitative estimate of drug-likeness (QED) is 0.454. The van der Waals surface area contributed by atoms with Gasteiger partial charge in [0, 0.05) is 11.8 Å². The molecule has 0 amide bonds. The Morgan fingerprint density at radius 2 is 1.86 bits per heavy atom. The Kier molecular flexibility index (Phi) is 1.63. The minimum atomic E-state index is -0.310. The van der Waals surface area contributed by atoms with Crippen LogP contribution in [0.5, 0.6) is 0 Å². The first-order valence-electron chi connectivity index (χ1n) is 5.54. The van der Waals surface area contributed by atoms with Crippen LogP contribution in [0.3, 0.4) is 0 Å². The highest BCUT2D eigenvalue weighted by molar-refractivity contribution is 7.57. The van der Waals surface area contributed by atoms with Crippen molar-refractivity contribution in [1.29, 1.82) is 0 Å². The maximum atomic E-state index is 5.78. The van der Waals surface area contributed by atoms with E-state index in [0.717, 1.165) is 5.92 Å². The zero-order valence-electron chi connectivity index (χ0n) is 8.15. The molecule has 14 heavy (non-hydrogen) atoms. The second-order valence-corrected chi connectivity index (χ2v) is 7.57. The van der Waals surface area contributed by atoms with Gasteiger partial charge in [0.05, 0.1) is 0 Å². The molecule has 1 saturated carbocycles. The summed E-state index contributed by atoms with van der Waals surface area (Å²) in [6.45, 7) is 0.343. The normalized spacial score (nSPS) is 60.0. The average molecular weight is 214 g/mol. The third-order valence-electron chi connectivity index (χ3n) is 4.37. The predicted octanol–water partition coefficient (Wildman–Crippen LogP) is 1.77. The molecule has 0 aromatic rings. The predicted molar refractivity (Wildman–Crippen MR) is 52.1 cm³/mol. The van der Waals surface area contributed by atoms with Crippen LogP contribution < -0.4 is 0 Å². The summed E-state index contributed by atoms with van der Waals surface area (Å²) >= 11 is 0. The molecule has 4 aliphatic heterocycles. The molecule has 1 aliphatic carbocycles. The van der Waals surface area contributed by atoms with Gasteiger partial charge in [-0.3, -0.25) is 0 Å². The molecule has 0 N–H and O–H groups in total. The number of hydrogen-bond acceptors (Lipinski definition) is 3. The van der Waals surface area contributed by atoms with Gasteiger partial charge in [-0.15, -0.1) is 7.92 Å². The second-order valence-electron chi connectivity index (χ2n) is 5.13. The summed E-state index contributed by atoms with van der Waals surface area (Å²) in [5, 5.41) is 0. The third kappa shape index (κ3) is 0.923. The fraction of sp³-hybridized carbons (Fsp3) is 1.00. The fourth-order valence-electron chi connectivity index (χ4n) is 3.96. The maximum Gasteiger partial charge on any atom is 0.210 e. The first-order valence-corrected chi connectivity index (χ1v) is 7.43. The molecule has 2 atom stereocenters. The first-order chi connectivity index (χ1) is 6.87. The lowest BCUT2D eigenvalue weighted by Crippen LogP contribution is -2.59. The van der Waals surface area contributed by atoms with E-state index in [1.54, 1.807) is 0 Å². The Bertz CT molecular complexity index is 232. The molecule has 5 fully saturated rings. The smallest absolute Gasteiger partial charge is 0.210 e. The zero-order chi connectivity index (χ0) is 9.17. The standard InChI is InChI=1S/C10H15O3P/c1-7-2-9-5-14(3-7)4-8(1)10(9)11-6-12-13-10/h7-9H,1-6H2. The lowest BCUT2D eigenvalue weighted by atomic mass is 9.71. The molecule has 2 unspecified atom stereocenters. The van der Waals surface area contributed by atoms with Gasteiger partial charge in [-0.1, -0.05) is 0 Å². The van der Waals surface area contributed by atoms with Crippen LogP contribution >= 0.6 is 7.92 Å². The summed E-state index contributed by atoms with van der Waals surface area (Å²) in [7, 11) is 0.331. The van der Waals surface area contributed by atoms with E-state index in [0.29, 0.717) is 26.6 Å². The van der Waals surface area contributed by atoms with E-state index in [9.17, 15) is 0 Å². The SMILES string of the molecule is C1OOC2(O1)C1CC3CC2CP(C3)C1. The molecule has 0 radical (unpaired) electrons. The molecule has 78 valence electrons. The van der Waals surface area contributed by atoms with Crippen molar-refractivity contribution in [3.8, 4) is 0 Å². The van der Waals surface area contributed by atoms with Gasteiger partial charge in [0.15, 0.2) is 6.79 Å². The van der Waals surface area contributed by atoms with Gasteiger partial charge < -0.3 is 4.74 Å². The van der Waals surface area contributed by atoms with Gasteiger partial charge in [0.1, 0.15) is 0 Å². The molecular weight excluding hydrogens is 199 g/mol. The molecule has 5 rings (SSSR count). The van der Waals surface area contributed by atoms with Crippen molar-refractivity contribution < 1.29 is 14.5 Å². The Labute approximate surface area is 84.8 Å². The van der Waals surface area contributed by atoms with Crippen molar-refractivity contribution >= 4 is 7.92 Å². The van der Waals surface area contributed by atoms with E-state index < -0.39 is 0 Å². The lowest BCUT2D eigenvalue weighted by Gasteiger charge is -2.56. The number of ether oxygens (including phenoxy) is 1. The van der Waals surface area contributed by atoms with Crippen molar-refractivity contribution in [2.24, 2.45) is 17.8 Å². The number of hydrogen-bond donors (Lipinski definition) is 0. The number of rotatable bonds is 0. The molecule has 0 aromatic carbocycles. The van der Waals surface area contributed by atoms with Crippen molar-refractivity contribution in [3.05, 3.63) is 0 Å². The molecule has 4 bridgehead atoms. The van der Waals surface area contributed by atoms with Crippen LogP contribution in [0.15, 0.2) is 0 Å². The Hall–Kier alpha value is 0.310. The van der Waals surface area contributed by atoms with Crippen LogP contribution in [0, 0.1) is 17.8 Å². The van der Waals surface area contributed by atoms with E-state index in [4.69, 9.17) is 14.5 Å². The van der Waals surface area contributed by atoms with Gasteiger partial charge in [0.25, 0.3) is 0 Å². The van der Waals surface area contributed by atoms with Gasteiger partial charge in [-0.25, -0.2) is 4.89 Å². The van der Waals surface area contributed by atoms with Crippen LogP contribution in [0.1, 0.15) is 12.8 Å². The zero-order valence-corrected chi connectivity index (χ0v) is 9.04. The molecule has 1 spiro atoms. The van der Waals surface area contributed by atoms with Crippen LogP contribution in [0.25, 0.3) is 0 Å². The van der Waals surface area contributed by atoms with Crippen molar-refractivity contribution in [2.75, 3.05) is 25.3 Å². The van der Waals surface area contributed by atoms with Crippen LogP contribution in [0.2, 0.25) is 0 Å². The fourth-order valence-corrected chi connectivity index (χ4v) is 7.49. The van der Waals surface area contributed by atoms with Crippen LogP contribution in [-0.4, -0.2) is 31.1 Å². The Morgan fingerprint density at radius 1 is 1.07 bits per heavy atom. The Balaban J connectivity index is 1.73. The summed E-state index contributed by atoms with van der Waals surface area (Å²) in [4.78, 5) is 10.5. The minimum absolute atomic E-state index is 0.310. The third-order valence-corrected chi connectivity index (χ3v) is 7.32. The molecule has 3 nitrogen and oxygen atoms in total. The maximum absolute atomic E-state index is 5.78. The molecule has 4 heterocycles. The van der Waals surface area contributed by atoms with Crippen LogP contribution in [0.4, 0.5) is 0 Å². The van der Waals surface area contributed by atoms with E-state index in [-0.39, 0.29) is 5.79 Å². The van der Waals surface area contributed by atoms with E-state index in [1.165, 1.54) is 31.3 Å². The highest BCUT2D eigenvalue weighted by Crippen LogP contribution is 2.65. The largest absolute Gasteiger partial charge is 0.317 e. The van der Waals surface area contributed by atoms with Crippen LogP contribution in [-0.2, 0) is 14.5 Å². The van der Waals surface area contributed by atoms with Gasteiger partial charge in [0.2, 0.25) is 5.79 Å². The van der Waals surface area contributed by atoms with Gasteiger partial charge in [-0.2, -0.15) is 4.89 Å². The molecule has 4 heteroatoms. The van der Waals surface area contributed by atoms with Crippen molar-refractivity contribution in [2.45, 2.75) is 18.6 Å². The van der Waals surface area contributed by atoms with E-state index in [1.807, 2.05) is 0 Å². The second kappa shape index (κ2) is 2.70. The highest BCUT2D eigenvalue weighted by atomic mass is 31.1. The minimum Gasteiger partial charge on any atom is -0.317 e.